The zero-order valence-electron chi connectivity index (χ0n) is 12.3. The second-order valence-electron chi connectivity index (χ2n) is 5.04. The normalized spacial score (nSPS) is 13.4. The van der Waals surface area contributed by atoms with E-state index in [0.717, 1.165) is 23.1 Å². The third-order valence-electron chi connectivity index (χ3n) is 3.24. The van der Waals surface area contributed by atoms with Crippen molar-refractivity contribution in [2.45, 2.75) is 25.2 Å². The van der Waals surface area contributed by atoms with Crippen molar-refractivity contribution in [1.29, 1.82) is 0 Å². The molecule has 0 radical (unpaired) electrons. The Morgan fingerprint density at radius 1 is 1.09 bits per heavy atom. The van der Waals surface area contributed by atoms with E-state index in [4.69, 9.17) is 10.5 Å². The van der Waals surface area contributed by atoms with Gasteiger partial charge in [0.05, 0.1) is 0 Å². The van der Waals surface area contributed by atoms with Crippen LogP contribution in [0.2, 0.25) is 0 Å². The third-order valence-corrected chi connectivity index (χ3v) is 3.77. The molecule has 0 spiro atoms. The lowest BCUT2D eigenvalue weighted by Crippen LogP contribution is -2.40. The number of nitrogens with one attached hydrogen (secondary N) is 1. The predicted octanol–water partition coefficient (Wildman–Crippen LogP) is 3.37. The van der Waals surface area contributed by atoms with Crippen molar-refractivity contribution in [3.63, 3.8) is 0 Å². The van der Waals surface area contributed by atoms with Crippen LogP contribution in [-0.4, -0.2) is 24.0 Å². The van der Waals surface area contributed by atoms with Gasteiger partial charge in [0.15, 0.2) is 6.23 Å². The molecule has 0 aliphatic carbocycles. The van der Waals surface area contributed by atoms with E-state index in [1.165, 1.54) is 0 Å². The van der Waals surface area contributed by atoms with Crippen LogP contribution in [0.1, 0.15) is 12.8 Å². The Morgan fingerprint density at radius 2 is 1.77 bits per heavy atom. The number of ether oxygens (including phenoxy) is 1. The average Bonchev–Trinajstić information content (AvgIpc) is 2.54. The molecule has 5 heteroatoms. The highest BCUT2D eigenvalue weighted by Crippen LogP contribution is 2.15. The topological polar surface area (TPSA) is 67.5 Å². The van der Waals surface area contributed by atoms with Crippen LogP contribution in [0.4, 0.5) is 5.69 Å². The summed E-state index contributed by atoms with van der Waals surface area (Å²) >= 11 is 3.40. The van der Waals surface area contributed by atoms with Crippen LogP contribution >= 0.6 is 15.9 Å². The van der Waals surface area contributed by atoms with E-state index in [-0.39, 0.29) is 0 Å². The summed E-state index contributed by atoms with van der Waals surface area (Å²) in [7, 11) is 0. The largest absolute Gasteiger partial charge is 0.473 e. The molecule has 0 saturated carbocycles. The minimum absolute atomic E-state index is 0.581. The molecular formula is C17H21BrN2O2. The van der Waals surface area contributed by atoms with Crippen LogP contribution in [-0.2, 0) is 0 Å². The zero-order valence-corrected chi connectivity index (χ0v) is 13.9. The number of para-hydroxylation sites is 1. The molecular weight excluding hydrogens is 344 g/mol. The van der Waals surface area contributed by atoms with E-state index >= 15 is 0 Å². The molecule has 2 atom stereocenters. The first-order valence-corrected chi connectivity index (χ1v) is 8.09. The van der Waals surface area contributed by atoms with Gasteiger partial charge in [0.2, 0.25) is 0 Å². The summed E-state index contributed by atoms with van der Waals surface area (Å²) < 4.78 is 6.56. The fourth-order valence-corrected chi connectivity index (χ4v) is 2.28. The van der Waals surface area contributed by atoms with Gasteiger partial charge in [-0.2, -0.15) is 0 Å². The summed E-state index contributed by atoms with van der Waals surface area (Å²) in [6.07, 6.45) is -0.0114. The van der Waals surface area contributed by atoms with E-state index < -0.39 is 12.3 Å². The summed E-state index contributed by atoms with van der Waals surface area (Å²) in [5.74, 6) is 0.669. The van der Waals surface area contributed by atoms with Crippen molar-refractivity contribution in [2.24, 2.45) is 5.73 Å². The summed E-state index contributed by atoms with van der Waals surface area (Å²) in [6, 6.07) is 17.3. The molecule has 2 rings (SSSR count). The molecule has 0 bridgehead atoms. The standard InChI is InChI=1S/C17H21BrN2O2/c18-13-8-10-14(11-9-13)20-12-4-7-16(21)17(19)22-15-5-2-1-3-6-15/h1-3,5-6,8-11,16-17,20-21H,4,7,12,19H2. The molecule has 0 saturated heterocycles. The van der Waals surface area contributed by atoms with Gasteiger partial charge in [-0.05, 0) is 49.2 Å². The van der Waals surface area contributed by atoms with E-state index in [2.05, 4.69) is 21.2 Å². The molecule has 0 fully saturated rings. The first-order valence-electron chi connectivity index (χ1n) is 7.30. The number of rotatable bonds is 8. The molecule has 0 aliphatic heterocycles. The first-order chi connectivity index (χ1) is 10.6. The molecule has 0 aromatic heterocycles. The quantitative estimate of drug-likeness (QED) is 0.496. The van der Waals surface area contributed by atoms with Crippen LogP contribution in [0.25, 0.3) is 0 Å². The highest BCUT2D eigenvalue weighted by molar-refractivity contribution is 9.10. The van der Waals surface area contributed by atoms with Crippen LogP contribution in [0.15, 0.2) is 59.1 Å². The van der Waals surface area contributed by atoms with Crippen molar-refractivity contribution in [3.8, 4) is 5.75 Å². The molecule has 22 heavy (non-hydrogen) atoms. The lowest BCUT2D eigenvalue weighted by Gasteiger charge is -2.20. The van der Waals surface area contributed by atoms with Crippen LogP contribution in [0, 0.1) is 0 Å². The lowest BCUT2D eigenvalue weighted by molar-refractivity contribution is 0.0340. The summed E-state index contributed by atoms with van der Waals surface area (Å²) in [5, 5.41) is 13.3. The Morgan fingerprint density at radius 3 is 2.45 bits per heavy atom. The number of aliphatic hydroxyl groups excluding tert-OH is 1. The fourth-order valence-electron chi connectivity index (χ4n) is 2.01. The molecule has 2 aromatic carbocycles. The summed E-state index contributed by atoms with van der Waals surface area (Å²) in [6.45, 7) is 0.775. The molecule has 118 valence electrons. The van der Waals surface area contributed by atoms with Crippen molar-refractivity contribution in [2.75, 3.05) is 11.9 Å². The molecule has 0 heterocycles. The second kappa shape index (κ2) is 8.78. The SMILES string of the molecule is NC(Oc1ccccc1)C(O)CCCNc1ccc(Br)cc1. The van der Waals surface area contributed by atoms with Gasteiger partial charge < -0.3 is 15.2 Å². The smallest absolute Gasteiger partial charge is 0.173 e. The molecule has 4 N–H and O–H groups in total. The molecule has 2 aromatic rings. The van der Waals surface area contributed by atoms with Gasteiger partial charge in [0.25, 0.3) is 0 Å². The number of halogens is 1. The molecule has 0 amide bonds. The molecule has 4 nitrogen and oxygen atoms in total. The highest BCUT2D eigenvalue weighted by Gasteiger charge is 2.15. The average molecular weight is 365 g/mol. The van der Waals surface area contributed by atoms with E-state index in [9.17, 15) is 5.11 Å². The molecule has 0 aliphatic rings. The predicted molar refractivity (Wildman–Crippen MR) is 92.9 cm³/mol. The number of nitrogens with two attached hydrogens (primary N) is 1. The van der Waals surface area contributed by atoms with Crippen LogP contribution in [0.3, 0.4) is 0 Å². The number of hydrogen-bond acceptors (Lipinski definition) is 4. The van der Waals surface area contributed by atoms with E-state index in [0.29, 0.717) is 12.2 Å². The van der Waals surface area contributed by atoms with Gasteiger partial charge in [0, 0.05) is 16.7 Å². The third kappa shape index (κ3) is 5.67. The van der Waals surface area contributed by atoms with Crippen LogP contribution in [0.5, 0.6) is 5.75 Å². The highest BCUT2D eigenvalue weighted by atomic mass is 79.9. The summed E-state index contributed by atoms with van der Waals surface area (Å²) in [5.41, 5.74) is 6.92. The van der Waals surface area contributed by atoms with Gasteiger partial charge in [-0.25, -0.2) is 0 Å². The first kappa shape index (κ1) is 16.8. The summed E-state index contributed by atoms with van der Waals surface area (Å²) in [4.78, 5) is 0. The van der Waals surface area contributed by atoms with Gasteiger partial charge in [-0.3, -0.25) is 5.73 Å². The van der Waals surface area contributed by atoms with Crippen molar-refractivity contribution in [1.82, 2.24) is 0 Å². The van der Waals surface area contributed by atoms with Crippen molar-refractivity contribution >= 4 is 21.6 Å². The zero-order chi connectivity index (χ0) is 15.8. The monoisotopic (exact) mass is 364 g/mol. The van der Waals surface area contributed by atoms with Gasteiger partial charge in [0.1, 0.15) is 11.9 Å². The van der Waals surface area contributed by atoms with Crippen molar-refractivity contribution < 1.29 is 9.84 Å². The maximum Gasteiger partial charge on any atom is 0.173 e. The Balaban J connectivity index is 1.66. The maximum atomic E-state index is 10.0. The molecule has 2 unspecified atom stereocenters. The Kier molecular flexibility index (Phi) is 6.71. The fraction of sp³-hybridized carbons (Fsp3) is 0.294. The Hall–Kier alpha value is -1.56. The van der Waals surface area contributed by atoms with Gasteiger partial charge >= 0.3 is 0 Å². The number of aliphatic hydroxyl groups is 1. The second-order valence-corrected chi connectivity index (χ2v) is 5.95. The van der Waals surface area contributed by atoms with Gasteiger partial charge in [-0.1, -0.05) is 34.1 Å². The number of benzene rings is 2. The van der Waals surface area contributed by atoms with E-state index in [1.807, 2.05) is 54.6 Å². The maximum absolute atomic E-state index is 10.0. The number of hydrogen-bond donors (Lipinski definition) is 3. The Labute approximate surface area is 139 Å². The lowest BCUT2D eigenvalue weighted by atomic mass is 10.1. The van der Waals surface area contributed by atoms with Gasteiger partial charge in [-0.15, -0.1) is 0 Å². The number of anilines is 1. The minimum Gasteiger partial charge on any atom is -0.473 e. The van der Waals surface area contributed by atoms with E-state index in [1.54, 1.807) is 0 Å². The Bertz CT molecular complexity index is 548. The van der Waals surface area contributed by atoms with Crippen molar-refractivity contribution in [3.05, 3.63) is 59.1 Å². The van der Waals surface area contributed by atoms with Crippen LogP contribution < -0.4 is 15.8 Å². The minimum atomic E-state index is -0.713.